The minimum absolute atomic E-state index is 0.0912. The number of aliphatic hydroxyl groups is 3. The van der Waals surface area contributed by atoms with Crippen LogP contribution in [0.4, 0.5) is 0 Å². The zero-order valence-electron chi connectivity index (χ0n) is 28.1. The summed E-state index contributed by atoms with van der Waals surface area (Å²) in [6.45, 7) is 20.4. The van der Waals surface area contributed by atoms with E-state index in [4.69, 9.17) is 0 Å². The summed E-state index contributed by atoms with van der Waals surface area (Å²) in [5.41, 5.74) is 5.83. The summed E-state index contributed by atoms with van der Waals surface area (Å²) in [5.74, 6) is 6.66. The van der Waals surface area contributed by atoms with Gasteiger partial charge in [-0.05, 0) is 78.0 Å². The van der Waals surface area contributed by atoms with Crippen LogP contribution in [0.5, 0.6) is 0 Å². The molecule has 2 aliphatic carbocycles. The Morgan fingerprint density at radius 1 is 0.791 bits per heavy atom. The highest BCUT2D eigenvalue weighted by atomic mass is 16.3. The lowest BCUT2D eigenvalue weighted by Crippen LogP contribution is -2.48. The fourth-order valence-corrected chi connectivity index (χ4v) is 5.85. The molecule has 3 heteroatoms. The van der Waals surface area contributed by atoms with Gasteiger partial charge in [0.25, 0.3) is 0 Å². The van der Waals surface area contributed by atoms with Crippen LogP contribution >= 0.6 is 0 Å². The molecule has 3 atom stereocenters. The van der Waals surface area contributed by atoms with Crippen molar-refractivity contribution in [2.75, 3.05) is 0 Å². The third kappa shape index (κ3) is 10.8. The number of hydrogen-bond acceptors (Lipinski definition) is 3. The first-order valence-corrected chi connectivity index (χ1v) is 15.4. The predicted molar refractivity (Wildman–Crippen MR) is 184 cm³/mol. The third-order valence-corrected chi connectivity index (χ3v) is 8.41. The largest absolute Gasteiger partial charge is 0.393 e. The van der Waals surface area contributed by atoms with Crippen LogP contribution in [0.2, 0.25) is 0 Å². The SMILES string of the molecule is CC1=C[C@@H](O)CC(C)(C)[C@]1(O)/C=C/C(C)=C/C=C/C(C)=C/C=C/C=C(C)/C=C/C=C(\C)C#CC1=C(C)C[C@@H](O)CC1(C)C. The maximum atomic E-state index is 11.3. The van der Waals surface area contributed by atoms with Gasteiger partial charge in [0.05, 0.1) is 12.2 Å². The molecule has 0 aromatic carbocycles. The average molecular weight is 583 g/mol. The fraction of sp³-hybridized carbons (Fsp3) is 0.450. The second-order valence-electron chi connectivity index (χ2n) is 13.6. The molecular weight excluding hydrogens is 528 g/mol. The van der Waals surface area contributed by atoms with Crippen molar-refractivity contribution in [2.24, 2.45) is 10.8 Å². The first-order chi connectivity index (χ1) is 20.0. The van der Waals surface area contributed by atoms with E-state index in [1.54, 1.807) is 6.08 Å². The molecule has 2 rings (SSSR count). The minimum atomic E-state index is -1.08. The maximum absolute atomic E-state index is 11.3. The van der Waals surface area contributed by atoms with E-state index in [1.807, 2.05) is 83.2 Å². The second-order valence-corrected chi connectivity index (χ2v) is 13.6. The number of rotatable bonds is 8. The van der Waals surface area contributed by atoms with Crippen LogP contribution in [-0.4, -0.2) is 33.1 Å². The average Bonchev–Trinajstić information content (AvgIpc) is 2.87. The Morgan fingerprint density at radius 3 is 1.88 bits per heavy atom. The monoisotopic (exact) mass is 582 g/mol. The molecule has 3 nitrogen and oxygen atoms in total. The molecule has 0 aliphatic heterocycles. The Hall–Kier alpha value is -3.16. The molecule has 0 bridgehead atoms. The molecule has 0 aromatic heterocycles. The van der Waals surface area contributed by atoms with Gasteiger partial charge in [-0.1, -0.05) is 135 Å². The van der Waals surface area contributed by atoms with Gasteiger partial charge in [-0.15, -0.1) is 0 Å². The van der Waals surface area contributed by atoms with Crippen molar-refractivity contribution in [3.63, 3.8) is 0 Å². The highest BCUT2D eigenvalue weighted by Gasteiger charge is 2.46. The second kappa shape index (κ2) is 15.5. The summed E-state index contributed by atoms with van der Waals surface area (Å²) in [5, 5.41) is 31.5. The van der Waals surface area contributed by atoms with Gasteiger partial charge in [-0.3, -0.25) is 0 Å². The van der Waals surface area contributed by atoms with Crippen LogP contribution in [0.1, 0.15) is 88.5 Å². The summed E-state index contributed by atoms with van der Waals surface area (Å²) in [4.78, 5) is 0. The Kier molecular flexibility index (Phi) is 13.0. The van der Waals surface area contributed by atoms with E-state index in [9.17, 15) is 15.3 Å². The van der Waals surface area contributed by atoms with Gasteiger partial charge in [0.2, 0.25) is 0 Å². The Bertz CT molecular complexity index is 1380. The van der Waals surface area contributed by atoms with Crippen LogP contribution in [0.3, 0.4) is 0 Å². The Morgan fingerprint density at radius 2 is 1.33 bits per heavy atom. The summed E-state index contributed by atoms with van der Waals surface area (Å²) in [6.07, 6.45) is 27.2. The number of aliphatic hydroxyl groups excluding tert-OH is 2. The molecule has 0 unspecified atom stereocenters. The lowest BCUT2D eigenvalue weighted by molar-refractivity contribution is -0.0292. The van der Waals surface area contributed by atoms with E-state index in [2.05, 4.69) is 70.8 Å². The topological polar surface area (TPSA) is 60.7 Å². The summed E-state index contributed by atoms with van der Waals surface area (Å²) in [7, 11) is 0. The molecule has 232 valence electrons. The van der Waals surface area contributed by atoms with Crippen LogP contribution in [-0.2, 0) is 0 Å². The molecule has 0 fully saturated rings. The third-order valence-electron chi connectivity index (χ3n) is 8.41. The molecule has 0 radical (unpaired) electrons. The van der Waals surface area contributed by atoms with Crippen molar-refractivity contribution in [3.8, 4) is 11.8 Å². The normalized spacial score (nSPS) is 27.4. The highest BCUT2D eigenvalue weighted by molar-refractivity contribution is 5.45. The van der Waals surface area contributed by atoms with E-state index in [-0.39, 0.29) is 11.5 Å². The van der Waals surface area contributed by atoms with Crippen LogP contribution in [0, 0.1) is 22.7 Å². The van der Waals surface area contributed by atoms with Gasteiger partial charge in [0.1, 0.15) is 5.60 Å². The Labute approximate surface area is 261 Å². The number of hydrogen-bond donors (Lipinski definition) is 3. The molecule has 0 aromatic rings. The Balaban J connectivity index is 1.94. The van der Waals surface area contributed by atoms with E-state index < -0.39 is 17.1 Å². The number of allylic oxidation sites excluding steroid dienone is 16. The fourth-order valence-electron chi connectivity index (χ4n) is 5.85. The summed E-state index contributed by atoms with van der Waals surface area (Å²) in [6, 6.07) is 0. The van der Waals surface area contributed by atoms with Crippen molar-refractivity contribution in [1.29, 1.82) is 0 Å². The lowest BCUT2D eigenvalue weighted by atomic mass is 9.64. The molecule has 2 aliphatic rings. The molecule has 0 spiro atoms. The minimum Gasteiger partial charge on any atom is -0.393 e. The standard InChI is InChI=1S/C40H54O3/c1-29(17-13-19-31(3)21-22-37-33(5)25-35(41)27-38(37,7)8)15-11-12-16-30(2)18-14-20-32(4)23-24-40(43)34(6)26-36(42)28-39(40,9)10/h11-20,23-24,26,35-36,41-43H,25,27-28H2,1-10H3/b12-11+,17-13+,18-14+,24-23+,29-15+,30-16+,31-19+,32-20+/t35-,36-,40+/m1/s1. The van der Waals surface area contributed by atoms with Gasteiger partial charge >= 0.3 is 0 Å². The molecular formula is C40H54O3. The van der Waals surface area contributed by atoms with Crippen LogP contribution in [0.25, 0.3) is 0 Å². The highest BCUT2D eigenvalue weighted by Crippen LogP contribution is 2.45. The first kappa shape index (κ1) is 36.0. The van der Waals surface area contributed by atoms with Gasteiger partial charge < -0.3 is 15.3 Å². The molecule has 43 heavy (non-hydrogen) atoms. The maximum Gasteiger partial charge on any atom is 0.109 e. The van der Waals surface area contributed by atoms with Gasteiger partial charge in [-0.2, -0.15) is 0 Å². The van der Waals surface area contributed by atoms with Gasteiger partial charge in [-0.25, -0.2) is 0 Å². The molecule has 0 saturated heterocycles. The van der Waals surface area contributed by atoms with Gasteiger partial charge in [0.15, 0.2) is 0 Å². The summed E-state index contributed by atoms with van der Waals surface area (Å²) >= 11 is 0. The van der Waals surface area contributed by atoms with Crippen molar-refractivity contribution in [1.82, 2.24) is 0 Å². The zero-order valence-corrected chi connectivity index (χ0v) is 28.1. The lowest BCUT2D eigenvalue weighted by Gasteiger charge is -2.46. The smallest absolute Gasteiger partial charge is 0.109 e. The molecule has 0 saturated carbocycles. The summed E-state index contributed by atoms with van der Waals surface area (Å²) < 4.78 is 0. The van der Waals surface area contributed by atoms with Crippen molar-refractivity contribution in [3.05, 3.63) is 118 Å². The van der Waals surface area contributed by atoms with E-state index in [1.165, 1.54) is 5.57 Å². The van der Waals surface area contributed by atoms with Crippen molar-refractivity contribution >= 4 is 0 Å². The predicted octanol–water partition coefficient (Wildman–Crippen LogP) is 8.97. The van der Waals surface area contributed by atoms with Gasteiger partial charge in [0, 0.05) is 16.4 Å². The quantitative estimate of drug-likeness (QED) is 0.152. The molecule has 0 amide bonds. The van der Waals surface area contributed by atoms with Crippen LogP contribution in [0.15, 0.2) is 118 Å². The van der Waals surface area contributed by atoms with Crippen LogP contribution < -0.4 is 0 Å². The van der Waals surface area contributed by atoms with Crippen molar-refractivity contribution < 1.29 is 15.3 Å². The zero-order chi connectivity index (χ0) is 32.4. The van der Waals surface area contributed by atoms with E-state index in [0.29, 0.717) is 12.8 Å². The van der Waals surface area contributed by atoms with E-state index in [0.717, 1.165) is 39.9 Å². The molecule has 0 heterocycles. The van der Waals surface area contributed by atoms with Crippen molar-refractivity contribution in [2.45, 2.75) is 106 Å². The molecule has 3 N–H and O–H groups in total. The first-order valence-electron chi connectivity index (χ1n) is 15.4. The van der Waals surface area contributed by atoms with E-state index >= 15 is 0 Å².